The van der Waals surface area contributed by atoms with Gasteiger partial charge in [0, 0.05) is 16.7 Å². The molecule has 7 heteroatoms. The molecule has 0 amide bonds. The average Bonchev–Trinajstić information content (AvgIpc) is 2.44. The van der Waals surface area contributed by atoms with Crippen LogP contribution in [-0.4, -0.2) is 47.9 Å². The second-order valence-electron chi connectivity index (χ2n) is 4.59. The Kier molecular flexibility index (Phi) is 16.1. The van der Waals surface area contributed by atoms with Crippen LogP contribution in [0.2, 0.25) is 0 Å². The SMILES string of the molecule is C=C(C)C(=O)O.C=C(C)C(=O)OC.C=C(C)C(=O)OCC(C)O. The van der Waals surface area contributed by atoms with Gasteiger partial charge in [0.15, 0.2) is 0 Å². The molecule has 0 spiro atoms. The molecule has 23 heavy (non-hydrogen) atoms. The van der Waals surface area contributed by atoms with E-state index in [-0.39, 0.29) is 18.1 Å². The van der Waals surface area contributed by atoms with E-state index in [1.54, 1.807) is 20.8 Å². The number of aliphatic hydroxyl groups is 1. The van der Waals surface area contributed by atoms with Crippen molar-refractivity contribution in [2.45, 2.75) is 33.8 Å². The van der Waals surface area contributed by atoms with Gasteiger partial charge < -0.3 is 19.7 Å². The van der Waals surface area contributed by atoms with Crippen LogP contribution in [-0.2, 0) is 23.9 Å². The first kappa shape index (κ1) is 25.5. The number of carboxylic acids is 1. The van der Waals surface area contributed by atoms with Crippen LogP contribution < -0.4 is 0 Å². The van der Waals surface area contributed by atoms with Crippen molar-refractivity contribution in [2.75, 3.05) is 13.7 Å². The average molecular weight is 330 g/mol. The van der Waals surface area contributed by atoms with E-state index in [1.807, 2.05) is 0 Å². The quantitative estimate of drug-likeness (QED) is 0.585. The summed E-state index contributed by atoms with van der Waals surface area (Å²) in [4.78, 5) is 30.4. The first-order valence-electron chi connectivity index (χ1n) is 6.50. The lowest BCUT2D eigenvalue weighted by atomic mass is 10.3. The second-order valence-corrected chi connectivity index (χ2v) is 4.59. The highest BCUT2D eigenvalue weighted by Gasteiger charge is 2.03. The third-order valence-corrected chi connectivity index (χ3v) is 1.70. The summed E-state index contributed by atoms with van der Waals surface area (Å²) in [5, 5.41) is 16.6. The van der Waals surface area contributed by atoms with E-state index in [9.17, 15) is 14.4 Å². The first-order valence-corrected chi connectivity index (χ1v) is 6.50. The van der Waals surface area contributed by atoms with Crippen molar-refractivity contribution in [3.05, 3.63) is 36.5 Å². The largest absolute Gasteiger partial charge is 0.478 e. The normalized spacial score (nSPS) is 9.65. The summed E-state index contributed by atoms with van der Waals surface area (Å²) in [6, 6.07) is 0. The minimum absolute atomic E-state index is 0.0334. The molecule has 7 nitrogen and oxygen atoms in total. The van der Waals surface area contributed by atoms with Gasteiger partial charge in [-0.1, -0.05) is 19.7 Å². The van der Waals surface area contributed by atoms with Crippen LogP contribution in [0.1, 0.15) is 27.7 Å². The molecule has 0 heterocycles. The summed E-state index contributed by atoms with van der Waals surface area (Å²) in [7, 11) is 1.33. The summed E-state index contributed by atoms with van der Waals surface area (Å²) >= 11 is 0. The standard InChI is InChI=1S/C7H12O3.C5H8O2.C4H6O2/c1-5(2)7(9)10-4-6(3)8;1-4(2)5(6)7-3;1-3(2)4(5)6/h6,8H,1,4H2,2-3H3;1H2,2-3H3;1H2,2H3,(H,5,6). The minimum atomic E-state index is -0.935. The Hall–Kier alpha value is -2.41. The van der Waals surface area contributed by atoms with E-state index >= 15 is 0 Å². The molecule has 0 aromatic heterocycles. The zero-order chi connectivity index (χ0) is 19.2. The zero-order valence-electron chi connectivity index (χ0n) is 14.3. The Bertz CT molecular complexity index is 435. The Morgan fingerprint density at radius 3 is 1.43 bits per heavy atom. The van der Waals surface area contributed by atoms with Crippen LogP contribution in [0.15, 0.2) is 36.5 Å². The van der Waals surface area contributed by atoms with Crippen LogP contribution >= 0.6 is 0 Å². The summed E-state index contributed by atoms with van der Waals surface area (Å²) in [5.41, 5.74) is 0.957. The second kappa shape index (κ2) is 14.5. The molecule has 0 saturated heterocycles. The fourth-order valence-corrected chi connectivity index (χ4v) is 0.494. The summed E-state index contributed by atoms with van der Waals surface area (Å²) < 4.78 is 8.85. The van der Waals surface area contributed by atoms with Gasteiger partial charge in [0.1, 0.15) is 6.61 Å². The molecule has 0 bridgehead atoms. The highest BCUT2D eigenvalue weighted by atomic mass is 16.5. The summed E-state index contributed by atoms with van der Waals surface area (Å²) in [6.45, 7) is 16.1. The number of aliphatic carboxylic acids is 1. The van der Waals surface area contributed by atoms with Crippen molar-refractivity contribution in [1.29, 1.82) is 0 Å². The number of carbonyl (C=O) groups excluding carboxylic acids is 2. The third-order valence-electron chi connectivity index (χ3n) is 1.70. The number of methoxy groups -OCH3 is 1. The molecule has 0 saturated carbocycles. The number of ether oxygens (including phenoxy) is 2. The highest BCUT2D eigenvalue weighted by Crippen LogP contribution is 1.92. The maximum absolute atomic E-state index is 10.6. The van der Waals surface area contributed by atoms with Crippen LogP contribution in [0.3, 0.4) is 0 Å². The van der Waals surface area contributed by atoms with Gasteiger partial charge in [0.05, 0.1) is 13.2 Å². The molecule has 2 N–H and O–H groups in total. The van der Waals surface area contributed by atoms with Crippen molar-refractivity contribution in [2.24, 2.45) is 0 Å². The number of rotatable bonds is 5. The number of hydrogen-bond donors (Lipinski definition) is 2. The molecule has 0 aromatic carbocycles. The fourth-order valence-electron chi connectivity index (χ4n) is 0.494. The molecular formula is C16H26O7. The number of hydrogen-bond acceptors (Lipinski definition) is 6. The van der Waals surface area contributed by atoms with Crippen LogP contribution in [0, 0.1) is 0 Å². The van der Waals surface area contributed by atoms with Crippen molar-refractivity contribution >= 4 is 17.9 Å². The van der Waals surface area contributed by atoms with Gasteiger partial charge in [-0.2, -0.15) is 0 Å². The molecule has 0 rings (SSSR count). The molecule has 0 aliphatic rings. The van der Waals surface area contributed by atoms with Crippen molar-refractivity contribution in [3.8, 4) is 0 Å². The fraction of sp³-hybridized carbons (Fsp3) is 0.438. The van der Waals surface area contributed by atoms with Gasteiger partial charge in [-0.25, -0.2) is 14.4 Å². The van der Waals surface area contributed by atoms with Gasteiger partial charge in [0.25, 0.3) is 0 Å². The lowest BCUT2D eigenvalue weighted by Gasteiger charge is -2.04. The number of carboxylic acid groups (broad SMARTS) is 1. The van der Waals surface area contributed by atoms with E-state index < -0.39 is 18.0 Å². The Labute approximate surface area is 136 Å². The minimum Gasteiger partial charge on any atom is -0.478 e. The van der Waals surface area contributed by atoms with Gasteiger partial charge in [-0.15, -0.1) is 0 Å². The molecule has 1 unspecified atom stereocenters. The number of esters is 2. The lowest BCUT2D eigenvalue weighted by Crippen LogP contribution is -2.15. The number of aliphatic hydroxyl groups excluding tert-OH is 1. The third kappa shape index (κ3) is 22.0. The van der Waals surface area contributed by atoms with E-state index in [1.165, 1.54) is 14.0 Å². The van der Waals surface area contributed by atoms with Crippen molar-refractivity contribution in [1.82, 2.24) is 0 Å². The highest BCUT2D eigenvalue weighted by molar-refractivity contribution is 5.87. The van der Waals surface area contributed by atoms with E-state index in [2.05, 4.69) is 29.2 Å². The van der Waals surface area contributed by atoms with Crippen LogP contribution in [0.4, 0.5) is 0 Å². The van der Waals surface area contributed by atoms with Crippen molar-refractivity contribution in [3.63, 3.8) is 0 Å². The predicted octanol–water partition coefficient (Wildman–Crippen LogP) is 1.87. The first-order chi connectivity index (χ1) is 10.4. The van der Waals surface area contributed by atoms with E-state index in [0.717, 1.165) is 0 Å². The van der Waals surface area contributed by atoms with Crippen LogP contribution in [0.5, 0.6) is 0 Å². The van der Waals surface area contributed by atoms with E-state index in [0.29, 0.717) is 11.1 Å². The molecule has 132 valence electrons. The predicted molar refractivity (Wildman–Crippen MR) is 86.7 cm³/mol. The molecule has 0 aromatic rings. The Balaban J connectivity index is -0.000000272. The maximum Gasteiger partial charge on any atom is 0.333 e. The zero-order valence-corrected chi connectivity index (χ0v) is 14.3. The van der Waals surface area contributed by atoms with Gasteiger partial charge >= 0.3 is 17.9 Å². The smallest absolute Gasteiger partial charge is 0.333 e. The van der Waals surface area contributed by atoms with E-state index in [4.69, 9.17) is 10.2 Å². The number of carbonyl (C=O) groups is 3. The summed E-state index contributed by atoms with van der Waals surface area (Å²) in [5.74, 6) is -1.74. The van der Waals surface area contributed by atoms with Crippen molar-refractivity contribution < 1.29 is 34.1 Å². The van der Waals surface area contributed by atoms with Gasteiger partial charge in [0.2, 0.25) is 0 Å². The maximum atomic E-state index is 10.6. The Morgan fingerprint density at radius 1 is 0.957 bits per heavy atom. The molecule has 0 radical (unpaired) electrons. The van der Waals surface area contributed by atoms with Crippen LogP contribution in [0.25, 0.3) is 0 Å². The summed E-state index contributed by atoms with van der Waals surface area (Å²) in [6.07, 6.45) is -0.608. The van der Waals surface area contributed by atoms with Gasteiger partial charge in [-0.3, -0.25) is 0 Å². The molecule has 0 aliphatic carbocycles. The van der Waals surface area contributed by atoms with Gasteiger partial charge in [-0.05, 0) is 27.7 Å². The Morgan fingerprint density at radius 2 is 1.30 bits per heavy atom. The topological polar surface area (TPSA) is 110 Å². The monoisotopic (exact) mass is 330 g/mol. The molecule has 0 aliphatic heterocycles. The lowest BCUT2D eigenvalue weighted by molar-refractivity contribution is -0.141. The molecular weight excluding hydrogens is 304 g/mol. The molecule has 0 fully saturated rings. The molecule has 1 atom stereocenters.